The van der Waals surface area contributed by atoms with E-state index in [2.05, 4.69) is 24.1 Å². The van der Waals surface area contributed by atoms with Gasteiger partial charge in [-0.25, -0.2) is 0 Å². The minimum absolute atomic E-state index is 0.0151. The molecule has 0 spiro atoms. The minimum atomic E-state index is -0.157. The Labute approximate surface area is 104 Å². The van der Waals surface area contributed by atoms with Crippen molar-refractivity contribution in [2.24, 2.45) is 5.92 Å². The van der Waals surface area contributed by atoms with Gasteiger partial charge in [-0.05, 0) is 45.2 Å². The van der Waals surface area contributed by atoms with E-state index in [4.69, 9.17) is 4.74 Å². The van der Waals surface area contributed by atoms with Crippen molar-refractivity contribution < 1.29 is 9.53 Å². The average Bonchev–Trinajstić information content (AvgIpc) is 2.33. The van der Waals surface area contributed by atoms with Crippen molar-refractivity contribution >= 4 is 5.91 Å². The monoisotopic (exact) mass is 240 g/mol. The maximum absolute atomic E-state index is 11.1. The number of hydrogen-bond donors (Lipinski definition) is 1. The van der Waals surface area contributed by atoms with Gasteiger partial charge in [0.05, 0.1) is 5.60 Å². The molecule has 2 atom stereocenters. The van der Waals surface area contributed by atoms with E-state index in [0.29, 0.717) is 12.5 Å². The predicted octanol–water partition coefficient (Wildman–Crippen LogP) is 1.01. The van der Waals surface area contributed by atoms with Crippen LogP contribution in [0.5, 0.6) is 0 Å². The van der Waals surface area contributed by atoms with Crippen LogP contribution in [-0.2, 0) is 9.53 Å². The highest BCUT2D eigenvalue weighted by Gasteiger charge is 2.34. The van der Waals surface area contributed by atoms with Gasteiger partial charge in [-0.2, -0.15) is 0 Å². The summed E-state index contributed by atoms with van der Waals surface area (Å²) in [5.41, 5.74) is -0.157. The summed E-state index contributed by atoms with van der Waals surface area (Å²) in [5, 5.41) is 2.91. The second-order valence-corrected chi connectivity index (χ2v) is 5.62. The zero-order chi connectivity index (χ0) is 12.3. The standard InChI is InChI=1S/C13H24N2O2/c1-3-15-6-4-5-11(8-15)7-13(2)10-14-12(16)9-17-13/h11H,3-10H2,1-2H3,(H,14,16). The summed E-state index contributed by atoms with van der Waals surface area (Å²) >= 11 is 0. The van der Waals surface area contributed by atoms with Crippen molar-refractivity contribution in [3.05, 3.63) is 0 Å². The van der Waals surface area contributed by atoms with Crippen molar-refractivity contribution in [3.63, 3.8) is 0 Å². The van der Waals surface area contributed by atoms with Crippen molar-refractivity contribution in [1.82, 2.24) is 10.2 Å². The zero-order valence-corrected chi connectivity index (χ0v) is 11.0. The smallest absolute Gasteiger partial charge is 0.246 e. The Balaban J connectivity index is 1.85. The fourth-order valence-corrected chi connectivity index (χ4v) is 2.97. The molecule has 4 heteroatoms. The highest BCUT2D eigenvalue weighted by molar-refractivity contribution is 5.77. The largest absolute Gasteiger partial charge is 0.364 e. The van der Waals surface area contributed by atoms with Gasteiger partial charge >= 0.3 is 0 Å². The van der Waals surface area contributed by atoms with Crippen molar-refractivity contribution in [3.8, 4) is 0 Å². The van der Waals surface area contributed by atoms with Gasteiger partial charge < -0.3 is 15.0 Å². The van der Waals surface area contributed by atoms with Crippen LogP contribution >= 0.6 is 0 Å². The summed E-state index contributed by atoms with van der Waals surface area (Å²) in [6.07, 6.45) is 3.65. The van der Waals surface area contributed by atoms with Gasteiger partial charge in [0.25, 0.3) is 0 Å². The number of nitrogens with zero attached hydrogens (tertiary/aromatic N) is 1. The molecule has 2 fully saturated rings. The van der Waals surface area contributed by atoms with E-state index in [1.807, 2.05) is 0 Å². The fraction of sp³-hybridized carbons (Fsp3) is 0.923. The quantitative estimate of drug-likeness (QED) is 0.800. The Morgan fingerprint density at radius 1 is 1.59 bits per heavy atom. The SMILES string of the molecule is CCN1CCCC(CC2(C)CNC(=O)CO2)C1. The average molecular weight is 240 g/mol. The minimum Gasteiger partial charge on any atom is -0.364 e. The van der Waals surface area contributed by atoms with Crippen LogP contribution < -0.4 is 5.32 Å². The van der Waals surface area contributed by atoms with E-state index in [9.17, 15) is 4.79 Å². The number of piperidine rings is 1. The van der Waals surface area contributed by atoms with E-state index in [-0.39, 0.29) is 18.1 Å². The number of carbonyl (C=O) groups is 1. The number of carbonyl (C=O) groups excluding carboxylic acids is 1. The van der Waals surface area contributed by atoms with E-state index in [1.165, 1.54) is 25.9 Å². The molecular formula is C13H24N2O2. The first-order chi connectivity index (χ1) is 8.11. The van der Waals surface area contributed by atoms with Crippen LogP contribution in [-0.4, -0.2) is 49.2 Å². The number of likely N-dealkylation sites (tertiary alicyclic amines) is 1. The van der Waals surface area contributed by atoms with Gasteiger partial charge in [-0.15, -0.1) is 0 Å². The van der Waals surface area contributed by atoms with E-state index in [1.54, 1.807) is 0 Å². The highest BCUT2D eigenvalue weighted by atomic mass is 16.5. The second kappa shape index (κ2) is 5.36. The number of hydrogen-bond acceptors (Lipinski definition) is 3. The molecule has 0 bridgehead atoms. The molecule has 0 aliphatic carbocycles. The molecule has 1 amide bonds. The molecule has 2 heterocycles. The summed E-state index contributed by atoms with van der Waals surface area (Å²) < 4.78 is 5.72. The summed E-state index contributed by atoms with van der Waals surface area (Å²) in [6.45, 7) is 8.80. The van der Waals surface area contributed by atoms with Crippen molar-refractivity contribution in [2.75, 3.05) is 32.8 Å². The van der Waals surface area contributed by atoms with Crippen molar-refractivity contribution in [1.29, 1.82) is 0 Å². The Morgan fingerprint density at radius 3 is 3.06 bits per heavy atom. The Bertz CT molecular complexity index is 271. The van der Waals surface area contributed by atoms with Crippen LogP contribution in [0.2, 0.25) is 0 Å². The predicted molar refractivity (Wildman–Crippen MR) is 66.8 cm³/mol. The third kappa shape index (κ3) is 3.42. The fourth-order valence-electron chi connectivity index (χ4n) is 2.97. The molecule has 0 aromatic carbocycles. The van der Waals surface area contributed by atoms with E-state index in [0.717, 1.165) is 13.0 Å². The maximum Gasteiger partial charge on any atom is 0.246 e. The molecule has 0 radical (unpaired) electrons. The second-order valence-electron chi connectivity index (χ2n) is 5.62. The first-order valence-electron chi connectivity index (χ1n) is 6.74. The number of rotatable bonds is 3. The number of amides is 1. The van der Waals surface area contributed by atoms with Crippen LogP contribution in [0.15, 0.2) is 0 Å². The molecule has 2 aliphatic rings. The lowest BCUT2D eigenvalue weighted by Crippen LogP contribution is -2.52. The molecule has 2 unspecified atom stereocenters. The van der Waals surface area contributed by atoms with Gasteiger partial charge in [0.2, 0.25) is 5.91 Å². The summed E-state index contributed by atoms with van der Waals surface area (Å²) in [6, 6.07) is 0. The van der Waals surface area contributed by atoms with Crippen molar-refractivity contribution in [2.45, 2.75) is 38.7 Å². The third-order valence-electron chi connectivity index (χ3n) is 3.98. The summed E-state index contributed by atoms with van der Waals surface area (Å²) in [7, 11) is 0. The molecule has 1 N–H and O–H groups in total. The summed E-state index contributed by atoms with van der Waals surface area (Å²) in [5.74, 6) is 0.727. The van der Waals surface area contributed by atoms with E-state index < -0.39 is 0 Å². The van der Waals surface area contributed by atoms with E-state index >= 15 is 0 Å². The molecule has 2 rings (SSSR count). The Morgan fingerprint density at radius 2 is 2.41 bits per heavy atom. The van der Waals surface area contributed by atoms with Crippen LogP contribution in [0.25, 0.3) is 0 Å². The van der Waals surface area contributed by atoms with Gasteiger partial charge in [0.15, 0.2) is 0 Å². The highest BCUT2D eigenvalue weighted by Crippen LogP contribution is 2.28. The lowest BCUT2D eigenvalue weighted by atomic mass is 9.85. The maximum atomic E-state index is 11.1. The van der Waals surface area contributed by atoms with Gasteiger partial charge in [-0.3, -0.25) is 4.79 Å². The molecular weight excluding hydrogens is 216 g/mol. The molecule has 98 valence electrons. The first-order valence-corrected chi connectivity index (χ1v) is 6.74. The number of ether oxygens (including phenoxy) is 1. The zero-order valence-electron chi connectivity index (χ0n) is 11.0. The molecule has 0 aromatic heterocycles. The normalized spacial score (nSPS) is 35.6. The Kier molecular flexibility index (Phi) is 4.05. The third-order valence-corrected chi connectivity index (χ3v) is 3.98. The van der Waals surface area contributed by atoms with Crippen LogP contribution in [0, 0.1) is 5.92 Å². The molecule has 17 heavy (non-hydrogen) atoms. The van der Waals surface area contributed by atoms with Crippen LogP contribution in [0.3, 0.4) is 0 Å². The molecule has 0 saturated carbocycles. The molecule has 0 aromatic rings. The number of morpholine rings is 1. The Hall–Kier alpha value is -0.610. The van der Waals surface area contributed by atoms with Gasteiger partial charge in [0.1, 0.15) is 6.61 Å². The molecule has 4 nitrogen and oxygen atoms in total. The summed E-state index contributed by atoms with van der Waals surface area (Å²) in [4.78, 5) is 13.6. The topological polar surface area (TPSA) is 41.6 Å². The molecule has 2 saturated heterocycles. The number of nitrogens with one attached hydrogen (secondary N) is 1. The van der Waals surface area contributed by atoms with Gasteiger partial charge in [0, 0.05) is 13.1 Å². The first kappa shape index (κ1) is 12.8. The van der Waals surface area contributed by atoms with Crippen LogP contribution in [0.4, 0.5) is 0 Å². The van der Waals surface area contributed by atoms with Crippen LogP contribution in [0.1, 0.15) is 33.1 Å². The molecule has 2 aliphatic heterocycles. The van der Waals surface area contributed by atoms with Gasteiger partial charge in [-0.1, -0.05) is 6.92 Å². The lowest BCUT2D eigenvalue weighted by molar-refractivity contribution is -0.144. The lowest BCUT2D eigenvalue weighted by Gasteiger charge is -2.40.